The molecule has 45 heavy (non-hydrogen) atoms. The number of nitriles is 1. The maximum absolute atomic E-state index is 13.8. The van der Waals surface area contributed by atoms with Crippen LogP contribution in [-0.4, -0.2) is 62.4 Å². The summed E-state index contributed by atoms with van der Waals surface area (Å²) >= 11 is 0. The molecule has 238 valence electrons. The number of hydrogen-bond donors (Lipinski definition) is 4. The molecule has 0 heterocycles. The highest BCUT2D eigenvalue weighted by Crippen LogP contribution is 2.32. The van der Waals surface area contributed by atoms with Gasteiger partial charge >= 0.3 is 0 Å². The standard InChI is InChI=1S/C34H41N5O5S/c1-24(33(41)37-27-15-7-4-8-16-27)36-23-32(40)30(21-25-12-5-3-6-13-25)38-34(42)29-18-9-10-19-31(29)39(45(2,43)44)28-17-11-14-26(20-28)22-35/h3,5-6,9-14,17-20,24,27,30,32,36,40H,4,7-8,15-16,21,23H2,1-2H3,(H,37,41)(H,38,42)/t24-,30-,32+/m0/s1. The minimum absolute atomic E-state index is 0.0368. The van der Waals surface area contributed by atoms with E-state index in [2.05, 4.69) is 16.0 Å². The van der Waals surface area contributed by atoms with Gasteiger partial charge in [-0.2, -0.15) is 5.26 Å². The molecule has 0 radical (unpaired) electrons. The molecule has 4 N–H and O–H groups in total. The number of carbonyl (C=O) groups is 2. The quantitative estimate of drug-likeness (QED) is 0.224. The van der Waals surface area contributed by atoms with E-state index in [0.717, 1.165) is 41.8 Å². The third kappa shape index (κ3) is 9.38. The Morgan fingerprint density at radius 2 is 1.69 bits per heavy atom. The van der Waals surface area contributed by atoms with Crippen molar-refractivity contribution in [2.45, 2.75) is 69.7 Å². The summed E-state index contributed by atoms with van der Waals surface area (Å²) in [5.74, 6) is -0.716. The van der Waals surface area contributed by atoms with Crippen molar-refractivity contribution in [3.8, 4) is 6.07 Å². The average molecular weight is 632 g/mol. The molecule has 3 atom stereocenters. The van der Waals surface area contributed by atoms with Crippen molar-refractivity contribution in [2.75, 3.05) is 17.1 Å². The van der Waals surface area contributed by atoms with E-state index in [1.807, 2.05) is 36.4 Å². The predicted molar refractivity (Wildman–Crippen MR) is 174 cm³/mol. The van der Waals surface area contributed by atoms with E-state index in [1.54, 1.807) is 37.3 Å². The Morgan fingerprint density at radius 1 is 1.00 bits per heavy atom. The molecule has 0 unspecified atom stereocenters. The number of aliphatic hydroxyl groups is 1. The predicted octanol–water partition coefficient (Wildman–Crippen LogP) is 3.78. The van der Waals surface area contributed by atoms with Crippen LogP contribution in [0.25, 0.3) is 0 Å². The van der Waals surface area contributed by atoms with Crippen LogP contribution in [0.4, 0.5) is 11.4 Å². The van der Waals surface area contributed by atoms with Crippen molar-refractivity contribution in [1.82, 2.24) is 16.0 Å². The fraction of sp³-hybridized carbons (Fsp3) is 0.382. The Balaban J connectivity index is 1.55. The highest BCUT2D eigenvalue weighted by molar-refractivity contribution is 7.92. The van der Waals surface area contributed by atoms with Crippen LogP contribution in [0.15, 0.2) is 78.9 Å². The zero-order chi connectivity index (χ0) is 32.4. The van der Waals surface area contributed by atoms with Gasteiger partial charge in [-0.3, -0.25) is 9.59 Å². The molecule has 0 spiro atoms. The van der Waals surface area contributed by atoms with Crippen molar-refractivity contribution < 1.29 is 23.1 Å². The Labute approximate surface area is 265 Å². The molecule has 2 amide bonds. The summed E-state index contributed by atoms with van der Waals surface area (Å²) in [6.45, 7) is 1.78. The Kier molecular flexibility index (Phi) is 11.7. The van der Waals surface area contributed by atoms with Crippen molar-refractivity contribution in [3.63, 3.8) is 0 Å². The van der Waals surface area contributed by atoms with E-state index in [4.69, 9.17) is 0 Å². The third-order valence-corrected chi connectivity index (χ3v) is 9.04. The normalized spacial score (nSPS) is 15.7. The van der Waals surface area contributed by atoms with Crippen LogP contribution in [0.3, 0.4) is 0 Å². The summed E-state index contributed by atoms with van der Waals surface area (Å²) in [5.41, 5.74) is 1.53. The van der Waals surface area contributed by atoms with Crippen LogP contribution in [0.2, 0.25) is 0 Å². The lowest BCUT2D eigenvalue weighted by Crippen LogP contribution is -2.53. The molecular formula is C34H41N5O5S. The van der Waals surface area contributed by atoms with E-state index in [-0.39, 0.29) is 41.0 Å². The summed E-state index contributed by atoms with van der Waals surface area (Å²) in [5, 5.41) is 29.8. The first kappa shape index (κ1) is 33.6. The van der Waals surface area contributed by atoms with Crippen LogP contribution in [0, 0.1) is 11.3 Å². The second kappa shape index (κ2) is 15.7. The van der Waals surface area contributed by atoms with Gasteiger partial charge in [0.05, 0.1) is 53.0 Å². The molecule has 11 heteroatoms. The molecule has 1 aliphatic carbocycles. The van der Waals surface area contributed by atoms with Crippen LogP contribution in [0.1, 0.15) is 60.5 Å². The fourth-order valence-electron chi connectivity index (χ4n) is 5.56. The number of sulfonamides is 1. The van der Waals surface area contributed by atoms with Crippen LogP contribution in [-0.2, 0) is 21.2 Å². The minimum atomic E-state index is -3.94. The largest absolute Gasteiger partial charge is 0.390 e. The Hall–Kier alpha value is -4.24. The van der Waals surface area contributed by atoms with Gasteiger partial charge in [0.25, 0.3) is 5.91 Å². The number of carbonyl (C=O) groups excluding carboxylic acids is 2. The number of nitrogens with one attached hydrogen (secondary N) is 3. The van der Waals surface area contributed by atoms with Gasteiger partial charge in [0.15, 0.2) is 0 Å². The highest BCUT2D eigenvalue weighted by atomic mass is 32.2. The monoisotopic (exact) mass is 631 g/mol. The second-order valence-corrected chi connectivity index (χ2v) is 13.3. The molecule has 1 saturated carbocycles. The van der Waals surface area contributed by atoms with E-state index < -0.39 is 34.1 Å². The van der Waals surface area contributed by atoms with Crippen LogP contribution < -0.4 is 20.3 Å². The summed E-state index contributed by atoms with van der Waals surface area (Å²) in [6.07, 6.45) is 5.56. The number of amides is 2. The molecule has 1 aliphatic rings. The number of rotatable bonds is 13. The minimum Gasteiger partial charge on any atom is -0.390 e. The van der Waals surface area contributed by atoms with E-state index >= 15 is 0 Å². The van der Waals surface area contributed by atoms with E-state index in [1.165, 1.54) is 24.6 Å². The molecule has 0 bridgehead atoms. The first-order chi connectivity index (χ1) is 21.6. The summed E-state index contributed by atoms with van der Waals surface area (Å²) in [4.78, 5) is 26.6. The Bertz CT molecular complexity index is 1600. The number of hydrogen-bond acceptors (Lipinski definition) is 7. The molecule has 3 aromatic carbocycles. The van der Waals surface area contributed by atoms with Gasteiger partial charge in [0.2, 0.25) is 15.9 Å². The van der Waals surface area contributed by atoms with Gasteiger partial charge in [-0.1, -0.05) is 67.8 Å². The summed E-state index contributed by atoms with van der Waals surface area (Å²) in [6, 6.07) is 22.6. The maximum atomic E-state index is 13.8. The summed E-state index contributed by atoms with van der Waals surface area (Å²) in [7, 11) is -3.94. The first-order valence-electron chi connectivity index (χ1n) is 15.2. The highest BCUT2D eigenvalue weighted by Gasteiger charge is 2.29. The van der Waals surface area contributed by atoms with Crippen molar-refractivity contribution in [2.24, 2.45) is 0 Å². The molecule has 0 aromatic heterocycles. The third-order valence-electron chi connectivity index (χ3n) is 7.97. The molecular weight excluding hydrogens is 590 g/mol. The summed E-state index contributed by atoms with van der Waals surface area (Å²) < 4.78 is 27.1. The molecule has 10 nitrogen and oxygen atoms in total. The van der Waals surface area contributed by atoms with Gasteiger partial charge in [0, 0.05) is 12.6 Å². The molecule has 0 aliphatic heterocycles. The fourth-order valence-corrected chi connectivity index (χ4v) is 6.57. The molecule has 3 aromatic rings. The zero-order valence-electron chi connectivity index (χ0n) is 25.6. The van der Waals surface area contributed by atoms with Crippen LogP contribution in [0.5, 0.6) is 0 Å². The van der Waals surface area contributed by atoms with Gasteiger partial charge in [-0.15, -0.1) is 0 Å². The SMILES string of the molecule is C[C@H](NC[C@@H](O)[C@H](Cc1ccccc1)NC(=O)c1ccccc1N(c1cccc(C#N)c1)S(C)(=O)=O)C(=O)NC1CCCCC1. The number of aliphatic hydroxyl groups excluding tert-OH is 1. The lowest BCUT2D eigenvalue weighted by Gasteiger charge is -2.28. The van der Waals surface area contributed by atoms with Crippen LogP contribution >= 0.6 is 0 Å². The number of anilines is 2. The van der Waals surface area contributed by atoms with E-state index in [0.29, 0.717) is 6.42 Å². The lowest BCUT2D eigenvalue weighted by atomic mass is 9.95. The smallest absolute Gasteiger partial charge is 0.253 e. The zero-order valence-corrected chi connectivity index (χ0v) is 26.5. The molecule has 0 saturated heterocycles. The Morgan fingerprint density at radius 3 is 2.38 bits per heavy atom. The topological polar surface area (TPSA) is 152 Å². The van der Waals surface area contributed by atoms with E-state index in [9.17, 15) is 28.4 Å². The lowest BCUT2D eigenvalue weighted by molar-refractivity contribution is -0.123. The van der Waals surface area contributed by atoms with Gasteiger partial charge in [-0.05, 0) is 62.1 Å². The number of benzene rings is 3. The maximum Gasteiger partial charge on any atom is 0.253 e. The number of nitrogens with zero attached hydrogens (tertiary/aromatic N) is 2. The second-order valence-electron chi connectivity index (χ2n) is 11.5. The molecule has 1 fully saturated rings. The van der Waals surface area contributed by atoms with Gasteiger partial charge in [-0.25, -0.2) is 12.7 Å². The number of para-hydroxylation sites is 1. The van der Waals surface area contributed by atoms with Crippen molar-refractivity contribution in [3.05, 3.63) is 95.6 Å². The first-order valence-corrected chi connectivity index (χ1v) is 17.1. The van der Waals surface area contributed by atoms with Gasteiger partial charge in [0.1, 0.15) is 0 Å². The molecule has 4 rings (SSSR count). The van der Waals surface area contributed by atoms with Gasteiger partial charge < -0.3 is 21.1 Å². The van der Waals surface area contributed by atoms with Crippen molar-refractivity contribution >= 4 is 33.2 Å². The average Bonchev–Trinajstić information content (AvgIpc) is 3.03. The van der Waals surface area contributed by atoms with Crippen molar-refractivity contribution in [1.29, 1.82) is 5.26 Å².